The molecule has 2 nitrogen and oxygen atoms in total. The van der Waals surface area contributed by atoms with Crippen molar-refractivity contribution in [1.82, 2.24) is 0 Å². The van der Waals surface area contributed by atoms with Crippen molar-refractivity contribution in [2.45, 2.75) is 4.90 Å². The molecule has 2 aromatic rings. The van der Waals surface area contributed by atoms with Gasteiger partial charge in [0, 0.05) is 4.88 Å². The Morgan fingerprint density at radius 1 is 1.14 bits per heavy atom. The Morgan fingerprint density at radius 2 is 1.86 bits per heavy atom. The molecular weight excluding hydrogens is 216 g/mol. The number of hydrogen-bond acceptors (Lipinski definition) is 2. The van der Waals surface area contributed by atoms with E-state index in [1.54, 1.807) is 23.5 Å². The van der Waals surface area contributed by atoms with Crippen molar-refractivity contribution in [3.63, 3.8) is 0 Å². The minimum atomic E-state index is -1.88. The molecule has 1 unspecified atom stereocenters. The van der Waals surface area contributed by atoms with Crippen LogP contribution in [0.5, 0.6) is 0 Å². The van der Waals surface area contributed by atoms with Crippen molar-refractivity contribution < 1.29 is 8.76 Å². The molecule has 0 amide bonds. The zero-order valence-corrected chi connectivity index (χ0v) is 8.85. The molecule has 0 aliphatic carbocycles. The number of hydrogen-bond donors (Lipinski definition) is 1. The summed E-state index contributed by atoms with van der Waals surface area (Å²) in [5, 5.41) is 2.01. The van der Waals surface area contributed by atoms with Gasteiger partial charge in [-0.2, -0.15) is 0 Å². The summed E-state index contributed by atoms with van der Waals surface area (Å²) in [5.41, 5.74) is 1.08. The Labute approximate surface area is 88.5 Å². The van der Waals surface area contributed by atoms with E-state index in [4.69, 9.17) is 4.55 Å². The van der Waals surface area contributed by atoms with E-state index in [1.165, 1.54) is 4.88 Å². The van der Waals surface area contributed by atoms with Crippen LogP contribution in [0.4, 0.5) is 0 Å². The smallest absolute Gasteiger partial charge is 0.186 e. The van der Waals surface area contributed by atoms with Crippen LogP contribution in [0.1, 0.15) is 0 Å². The molecule has 1 atom stereocenters. The lowest BCUT2D eigenvalue weighted by Crippen LogP contribution is -1.86. The maximum atomic E-state index is 10.7. The SMILES string of the molecule is O=S(O)c1ccc(-c2cccs2)cc1. The van der Waals surface area contributed by atoms with Crippen LogP contribution in [0.25, 0.3) is 10.4 Å². The lowest BCUT2D eigenvalue weighted by Gasteiger charge is -1.98. The lowest BCUT2D eigenvalue weighted by atomic mass is 10.2. The summed E-state index contributed by atoms with van der Waals surface area (Å²) >= 11 is -0.229. The molecule has 72 valence electrons. The molecule has 2 rings (SSSR count). The summed E-state index contributed by atoms with van der Waals surface area (Å²) < 4.78 is 19.5. The average Bonchev–Trinajstić information content (AvgIpc) is 2.71. The number of rotatable bonds is 2. The van der Waals surface area contributed by atoms with E-state index in [0.717, 1.165) is 5.56 Å². The number of thiophene rings is 1. The predicted molar refractivity (Wildman–Crippen MR) is 58.8 cm³/mol. The molecule has 4 heteroatoms. The fraction of sp³-hybridized carbons (Fsp3) is 0. The van der Waals surface area contributed by atoms with Crippen LogP contribution in [0, 0.1) is 0 Å². The van der Waals surface area contributed by atoms with Crippen LogP contribution in [0.3, 0.4) is 0 Å². The van der Waals surface area contributed by atoms with Gasteiger partial charge >= 0.3 is 0 Å². The van der Waals surface area contributed by atoms with Gasteiger partial charge in [0.2, 0.25) is 0 Å². The van der Waals surface area contributed by atoms with Crippen LogP contribution >= 0.6 is 11.3 Å². The van der Waals surface area contributed by atoms with E-state index in [-0.39, 0.29) is 0 Å². The predicted octanol–water partition coefficient (Wildman–Crippen LogP) is 3.00. The monoisotopic (exact) mass is 224 g/mol. The van der Waals surface area contributed by atoms with E-state index >= 15 is 0 Å². The normalized spacial score (nSPS) is 12.6. The molecule has 14 heavy (non-hydrogen) atoms. The summed E-state index contributed by atoms with van der Waals surface area (Å²) in [7, 11) is 0. The van der Waals surface area contributed by atoms with Gasteiger partial charge in [0.1, 0.15) is 0 Å². The van der Waals surface area contributed by atoms with Gasteiger partial charge in [-0.1, -0.05) is 18.2 Å². The zero-order valence-electron chi connectivity index (χ0n) is 7.21. The summed E-state index contributed by atoms with van der Waals surface area (Å²) in [5.74, 6) is 0. The van der Waals surface area contributed by atoms with Crippen LogP contribution in [-0.2, 0) is 11.1 Å². The number of benzene rings is 1. The first-order chi connectivity index (χ1) is 6.77. The summed E-state index contributed by atoms with van der Waals surface area (Å²) in [6.45, 7) is 0. The molecule has 1 aromatic carbocycles. The molecule has 0 aliphatic heterocycles. The van der Waals surface area contributed by atoms with Gasteiger partial charge in [-0.15, -0.1) is 11.3 Å². The van der Waals surface area contributed by atoms with Crippen molar-refractivity contribution in [3.8, 4) is 10.4 Å². The highest BCUT2D eigenvalue weighted by Gasteiger charge is 2.01. The Bertz CT molecular complexity index is 432. The first-order valence-electron chi connectivity index (χ1n) is 4.02. The van der Waals surface area contributed by atoms with Gasteiger partial charge in [-0.3, -0.25) is 0 Å². The second kappa shape index (κ2) is 4.04. The average molecular weight is 224 g/mol. The third-order valence-electron chi connectivity index (χ3n) is 1.86. The van der Waals surface area contributed by atoms with Crippen molar-refractivity contribution in [3.05, 3.63) is 41.8 Å². The Balaban J connectivity index is 2.36. The molecule has 1 aromatic heterocycles. The van der Waals surface area contributed by atoms with Crippen LogP contribution in [0.15, 0.2) is 46.7 Å². The van der Waals surface area contributed by atoms with Crippen LogP contribution in [-0.4, -0.2) is 8.76 Å². The van der Waals surface area contributed by atoms with E-state index in [9.17, 15) is 4.21 Å². The molecule has 0 saturated carbocycles. The van der Waals surface area contributed by atoms with E-state index in [1.807, 2.05) is 29.6 Å². The van der Waals surface area contributed by atoms with E-state index in [0.29, 0.717) is 4.90 Å². The molecular formula is C10H8O2S2. The first kappa shape index (κ1) is 9.58. The fourth-order valence-electron chi connectivity index (χ4n) is 1.18. The largest absolute Gasteiger partial charge is 0.302 e. The highest BCUT2D eigenvalue weighted by atomic mass is 32.2. The molecule has 0 bridgehead atoms. The molecule has 0 aliphatic rings. The Kier molecular flexibility index (Phi) is 2.77. The maximum absolute atomic E-state index is 10.7. The van der Waals surface area contributed by atoms with Crippen molar-refractivity contribution in [2.24, 2.45) is 0 Å². The molecule has 1 N–H and O–H groups in total. The van der Waals surface area contributed by atoms with Crippen molar-refractivity contribution >= 4 is 22.4 Å². The molecule has 0 fully saturated rings. The van der Waals surface area contributed by atoms with Crippen LogP contribution < -0.4 is 0 Å². The third kappa shape index (κ3) is 1.92. The highest BCUT2D eigenvalue weighted by molar-refractivity contribution is 7.79. The van der Waals surface area contributed by atoms with Crippen molar-refractivity contribution in [2.75, 3.05) is 0 Å². The second-order valence-electron chi connectivity index (χ2n) is 2.75. The zero-order chi connectivity index (χ0) is 9.97. The van der Waals surface area contributed by atoms with Gasteiger partial charge in [-0.05, 0) is 29.1 Å². The van der Waals surface area contributed by atoms with Crippen LogP contribution in [0.2, 0.25) is 0 Å². The second-order valence-corrected chi connectivity index (χ2v) is 4.67. The summed E-state index contributed by atoms with van der Waals surface area (Å²) in [4.78, 5) is 1.60. The van der Waals surface area contributed by atoms with Gasteiger partial charge < -0.3 is 4.55 Å². The first-order valence-corrected chi connectivity index (χ1v) is 6.01. The van der Waals surface area contributed by atoms with Gasteiger partial charge in [0.15, 0.2) is 11.1 Å². The minimum Gasteiger partial charge on any atom is -0.302 e. The van der Waals surface area contributed by atoms with Crippen molar-refractivity contribution in [1.29, 1.82) is 0 Å². The standard InChI is InChI=1S/C10H8O2S2/c11-14(12)9-5-3-8(4-6-9)10-2-1-7-13-10/h1-7H,(H,11,12). The highest BCUT2D eigenvalue weighted by Crippen LogP contribution is 2.24. The minimum absolute atomic E-state index is 0.435. The Hall–Kier alpha value is -0.970. The summed E-state index contributed by atoms with van der Waals surface area (Å²) in [6.07, 6.45) is 0. The molecule has 0 saturated heterocycles. The summed E-state index contributed by atoms with van der Waals surface area (Å²) in [6, 6.07) is 11.1. The third-order valence-corrected chi connectivity index (χ3v) is 3.46. The molecule has 0 radical (unpaired) electrons. The maximum Gasteiger partial charge on any atom is 0.186 e. The molecule has 1 heterocycles. The quantitative estimate of drug-likeness (QED) is 0.796. The van der Waals surface area contributed by atoms with Gasteiger partial charge in [-0.25, -0.2) is 4.21 Å². The fourth-order valence-corrected chi connectivity index (χ4v) is 2.28. The van der Waals surface area contributed by atoms with E-state index in [2.05, 4.69) is 0 Å². The lowest BCUT2D eigenvalue weighted by molar-refractivity contribution is 0.564. The molecule has 0 spiro atoms. The van der Waals surface area contributed by atoms with Gasteiger partial charge in [0.25, 0.3) is 0 Å². The topological polar surface area (TPSA) is 37.3 Å². The Morgan fingerprint density at radius 3 is 2.36 bits per heavy atom. The van der Waals surface area contributed by atoms with Gasteiger partial charge in [0.05, 0.1) is 4.90 Å². The van der Waals surface area contributed by atoms with E-state index < -0.39 is 11.1 Å².